The highest BCUT2D eigenvalue weighted by molar-refractivity contribution is 5.89. The van der Waals surface area contributed by atoms with Crippen molar-refractivity contribution < 1.29 is 9.53 Å². The van der Waals surface area contributed by atoms with Gasteiger partial charge in [0.1, 0.15) is 35.5 Å². The maximum atomic E-state index is 12.3. The number of anilines is 3. The second kappa shape index (κ2) is 10.3. The second-order valence-electron chi connectivity index (χ2n) is 9.94. The number of aryl methyl sites for hydroxylation is 1. The summed E-state index contributed by atoms with van der Waals surface area (Å²) in [6.07, 6.45) is 6.23. The molecule has 1 saturated heterocycles. The molecule has 0 unspecified atom stereocenters. The van der Waals surface area contributed by atoms with Crippen molar-refractivity contribution in [2.45, 2.75) is 32.9 Å². The molecule has 1 fully saturated rings. The molecule has 0 saturated carbocycles. The van der Waals surface area contributed by atoms with E-state index in [9.17, 15) is 4.79 Å². The Morgan fingerprint density at radius 2 is 1.88 bits per heavy atom. The fourth-order valence-electron chi connectivity index (χ4n) is 5.21. The molecule has 1 aliphatic heterocycles. The molecule has 0 spiro atoms. The summed E-state index contributed by atoms with van der Waals surface area (Å²) in [4.78, 5) is 34.5. The van der Waals surface area contributed by atoms with E-state index in [1.54, 1.807) is 4.52 Å². The number of amides is 1. The zero-order valence-corrected chi connectivity index (χ0v) is 22.5. The Labute approximate surface area is 231 Å². The summed E-state index contributed by atoms with van der Waals surface area (Å²) in [7, 11) is 0. The van der Waals surface area contributed by atoms with Crippen LogP contribution in [-0.4, -0.2) is 65.5 Å². The number of piperazine rings is 1. The van der Waals surface area contributed by atoms with Gasteiger partial charge in [-0.2, -0.15) is 5.10 Å². The van der Waals surface area contributed by atoms with E-state index in [-0.39, 0.29) is 18.0 Å². The molecule has 202 valence electrons. The highest BCUT2D eigenvalue weighted by Gasteiger charge is 2.32. The van der Waals surface area contributed by atoms with Crippen LogP contribution in [0, 0.1) is 6.92 Å². The average molecular weight is 536 g/mol. The van der Waals surface area contributed by atoms with E-state index < -0.39 is 0 Å². The molecule has 1 N–H and O–H groups in total. The summed E-state index contributed by atoms with van der Waals surface area (Å²) in [5, 5.41) is 7.52. The second-order valence-corrected chi connectivity index (χ2v) is 9.94. The third kappa shape index (κ3) is 4.77. The third-order valence-corrected chi connectivity index (χ3v) is 7.06. The molecule has 6 rings (SSSR count). The number of ether oxygens (including phenoxy) is 1. The maximum Gasteiger partial charge on any atom is 0.246 e. The summed E-state index contributed by atoms with van der Waals surface area (Å²) < 4.78 is 7.79. The lowest BCUT2D eigenvalue weighted by atomic mass is 10.1. The fourth-order valence-corrected chi connectivity index (χ4v) is 5.21. The van der Waals surface area contributed by atoms with Crippen molar-refractivity contribution >= 4 is 39.9 Å². The first-order valence-corrected chi connectivity index (χ1v) is 13.1. The van der Waals surface area contributed by atoms with Crippen molar-refractivity contribution in [2.24, 2.45) is 0 Å². The maximum absolute atomic E-state index is 12.3. The van der Waals surface area contributed by atoms with Crippen molar-refractivity contribution in [3.05, 3.63) is 79.5 Å². The van der Waals surface area contributed by atoms with E-state index in [2.05, 4.69) is 36.8 Å². The minimum absolute atomic E-state index is 0.0263. The number of rotatable bonds is 6. The number of nitrogens with zero attached hydrogens (tertiary/aromatic N) is 8. The van der Waals surface area contributed by atoms with Gasteiger partial charge in [0, 0.05) is 43.1 Å². The van der Waals surface area contributed by atoms with Gasteiger partial charge in [-0.3, -0.25) is 4.79 Å². The van der Waals surface area contributed by atoms with E-state index in [0.717, 1.165) is 28.3 Å². The van der Waals surface area contributed by atoms with Gasteiger partial charge in [0.05, 0.1) is 5.52 Å². The van der Waals surface area contributed by atoms with Crippen LogP contribution in [-0.2, 0) is 4.79 Å². The van der Waals surface area contributed by atoms with Gasteiger partial charge in [-0.15, -0.1) is 0 Å². The average Bonchev–Trinajstić information content (AvgIpc) is 3.42. The highest BCUT2D eigenvalue weighted by Crippen LogP contribution is 2.31. The summed E-state index contributed by atoms with van der Waals surface area (Å²) in [6.45, 7) is 11.1. The molecule has 11 nitrogen and oxygen atoms in total. The van der Waals surface area contributed by atoms with Crippen LogP contribution in [0.2, 0.25) is 0 Å². The van der Waals surface area contributed by atoms with Crippen LogP contribution in [0.4, 0.5) is 17.3 Å². The van der Waals surface area contributed by atoms with E-state index in [0.29, 0.717) is 35.8 Å². The first-order chi connectivity index (χ1) is 19.4. The number of carbonyl (C=O) groups excluding carboxylic acids is 1. The van der Waals surface area contributed by atoms with Gasteiger partial charge in [0.2, 0.25) is 5.91 Å². The minimum Gasteiger partial charge on any atom is -0.457 e. The van der Waals surface area contributed by atoms with Crippen molar-refractivity contribution in [3.8, 4) is 11.5 Å². The molecule has 1 aliphatic rings. The molecule has 4 aromatic heterocycles. The molecular weight excluding hydrogens is 506 g/mol. The summed E-state index contributed by atoms with van der Waals surface area (Å²) in [5.74, 6) is 2.80. The summed E-state index contributed by atoms with van der Waals surface area (Å²) in [5.41, 5.74) is 3.93. The Kier molecular flexibility index (Phi) is 6.47. The molecule has 2 atom stereocenters. The Balaban J connectivity index is 1.23. The topological polar surface area (TPSA) is 114 Å². The predicted octanol–water partition coefficient (Wildman–Crippen LogP) is 4.52. The van der Waals surface area contributed by atoms with Crippen LogP contribution in [0.5, 0.6) is 11.5 Å². The number of pyridine rings is 2. The van der Waals surface area contributed by atoms with E-state index in [4.69, 9.17) is 9.72 Å². The predicted molar refractivity (Wildman–Crippen MR) is 153 cm³/mol. The largest absolute Gasteiger partial charge is 0.457 e. The van der Waals surface area contributed by atoms with Crippen LogP contribution in [0.1, 0.15) is 19.4 Å². The molecular formula is C29H29N9O2. The van der Waals surface area contributed by atoms with Crippen LogP contribution in [0.25, 0.3) is 16.7 Å². The van der Waals surface area contributed by atoms with Crippen LogP contribution in [0.15, 0.2) is 74.0 Å². The van der Waals surface area contributed by atoms with Gasteiger partial charge in [0.25, 0.3) is 0 Å². The molecule has 40 heavy (non-hydrogen) atoms. The molecule has 1 amide bonds. The Morgan fingerprint density at radius 3 is 2.65 bits per heavy atom. The SMILES string of the molecule is C=CC(=O)N1[C@H](C)CN(c2ccc3ncnc(Nc4ccc(Oc5ccn6ncnc6c5)c(C)c4)c3n2)C[C@@H]1C. The molecule has 5 heterocycles. The Morgan fingerprint density at radius 1 is 1.05 bits per heavy atom. The first-order valence-electron chi connectivity index (χ1n) is 13.1. The number of carbonyl (C=O) groups is 1. The third-order valence-electron chi connectivity index (χ3n) is 7.06. The number of benzene rings is 1. The molecule has 0 aliphatic carbocycles. The standard InChI is InChI=1S/C29H29N9O2/c1-5-27(39)38-19(3)14-36(15-20(38)4)25-9-7-23-28(35-25)29(32-16-30-23)34-21-6-8-24(18(2)12-21)40-22-10-11-37-26(13-22)31-17-33-37/h5-13,16-17,19-20H,1,14-15H2,2-4H3,(H,30,32,34)/t19-,20+. The monoisotopic (exact) mass is 535 g/mol. The van der Waals surface area contributed by atoms with Crippen LogP contribution in [0.3, 0.4) is 0 Å². The summed E-state index contributed by atoms with van der Waals surface area (Å²) >= 11 is 0. The smallest absolute Gasteiger partial charge is 0.246 e. The van der Waals surface area contributed by atoms with Crippen LogP contribution >= 0.6 is 0 Å². The number of fused-ring (bicyclic) bond motifs is 2. The molecule has 5 aromatic rings. The number of nitrogens with one attached hydrogen (secondary N) is 1. The normalized spacial score (nSPS) is 17.3. The van der Waals surface area contributed by atoms with Gasteiger partial charge < -0.3 is 19.9 Å². The van der Waals surface area contributed by atoms with Gasteiger partial charge in [-0.1, -0.05) is 6.58 Å². The highest BCUT2D eigenvalue weighted by atomic mass is 16.5. The lowest BCUT2D eigenvalue weighted by Gasteiger charge is -2.44. The molecule has 1 aromatic carbocycles. The lowest BCUT2D eigenvalue weighted by Crippen LogP contribution is -2.58. The van der Waals surface area contributed by atoms with Crippen molar-refractivity contribution in [1.82, 2.24) is 34.4 Å². The lowest BCUT2D eigenvalue weighted by molar-refractivity contribution is -0.130. The van der Waals surface area contributed by atoms with Crippen molar-refractivity contribution in [2.75, 3.05) is 23.3 Å². The number of hydrogen-bond donors (Lipinski definition) is 1. The van der Waals surface area contributed by atoms with Crippen LogP contribution < -0.4 is 15.0 Å². The van der Waals surface area contributed by atoms with E-state index in [1.165, 1.54) is 18.7 Å². The Bertz CT molecular complexity index is 1720. The van der Waals surface area contributed by atoms with Gasteiger partial charge in [0.15, 0.2) is 11.5 Å². The number of aromatic nitrogens is 6. The van der Waals surface area contributed by atoms with Crippen molar-refractivity contribution in [3.63, 3.8) is 0 Å². The quantitative estimate of drug-likeness (QED) is 0.313. The zero-order valence-electron chi connectivity index (χ0n) is 22.5. The number of hydrogen-bond acceptors (Lipinski definition) is 9. The van der Waals surface area contributed by atoms with E-state index in [1.807, 2.05) is 74.3 Å². The first kappa shape index (κ1) is 25.2. The van der Waals surface area contributed by atoms with Gasteiger partial charge in [-0.25, -0.2) is 24.5 Å². The van der Waals surface area contributed by atoms with Gasteiger partial charge >= 0.3 is 0 Å². The minimum atomic E-state index is -0.0471. The zero-order chi connectivity index (χ0) is 27.8. The fraction of sp³-hybridized carbons (Fsp3) is 0.241. The summed E-state index contributed by atoms with van der Waals surface area (Å²) in [6, 6.07) is 13.5. The van der Waals surface area contributed by atoms with E-state index >= 15 is 0 Å². The molecule has 11 heteroatoms. The molecule has 0 radical (unpaired) electrons. The van der Waals surface area contributed by atoms with Gasteiger partial charge in [-0.05, 0) is 68.8 Å². The molecule has 0 bridgehead atoms. The van der Waals surface area contributed by atoms with Crippen molar-refractivity contribution in [1.29, 1.82) is 0 Å². The Hall–Kier alpha value is -5.06.